The number of imide groups is 1. The second-order valence-corrected chi connectivity index (χ2v) is 8.93. The first kappa shape index (κ1) is 23.9. The summed E-state index contributed by atoms with van der Waals surface area (Å²) in [5, 5.41) is 18.6. The van der Waals surface area contributed by atoms with Crippen molar-refractivity contribution in [2.75, 3.05) is 7.11 Å². The first-order valence-electron chi connectivity index (χ1n) is 11.8. The maximum absolute atomic E-state index is 13.2. The van der Waals surface area contributed by atoms with Gasteiger partial charge in [-0.25, -0.2) is 9.48 Å². The average Bonchev–Trinajstić information content (AvgIpc) is 3.35. The number of carbonyl (C=O) groups excluding carboxylic acids is 2. The van der Waals surface area contributed by atoms with Crippen LogP contribution in [-0.2, 0) is 11.3 Å². The molecule has 1 saturated heterocycles. The predicted octanol–water partition coefficient (Wildman–Crippen LogP) is 4.96. The summed E-state index contributed by atoms with van der Waals surface area (Å²) in [7, 11) is 1.57. The van der Waals surface area contributed by atoms with E-state index in [2.05, 4.69) is 10.4 Å². The number of ether oxygens (including phenoxy) is 1. The van der Waals surface area contributed by atoms with Gasteiger partial charge in [0.05, 0.1) is 24.9 Å². The summed E-state index contributed by atoms with van der Waals surface area (Å²) >= 11 is 0. The van der Waals surface area contributed by atoms with Gasteiger partial charge < -0.3 is 15.2 Å². The Labute approximate surface area is 214 Å². The zero-order valence-corrected chi connectivity index (χ0v) is 20.7. The first-order chi connectivity index (χ1) is 17.8. The summed E-state index contributed by atoms with van der Waals surface area (Å²) in [5.41, 5.74) is 5.08. The van der Waals surface area contributed by atoms with Crippen molar-refractivity contribution in [3.05, 3.63) is 101 Å². The molecule has 1 aliphatic heterocycles. The molecule has 1 fully saturated rings. The summed E-state index contributed by atoms with van der Waals surface area (Å²) in [5.74, 6) is -0.0194. The molecule has 0 atom stereocenters. The first-order valence-corrected chi connectivity index (χ1v) is 11.8. The third-order valence-corrected chi connectivity index (χ3v) is 6.19. The molecule has 3 amide bonds. The van der Waals surface area contributed by atoms with Crippen molar-refractivity contribution in [2.24, 2.45) is 0 Å². The minimum absolute atomic E-state index is 0.0561. The molecular formula is C29H26N4O4. The number of rotatable bonds is 6. The highest BCUT2D eigenvalue weighted by molar-refractivity contribution is 6.14. The highest BCUT2D eigenvalue weighted by Crippen LogP contribution is 2.35. The van der Waals surface area contributed by atoms with Crippen molar-refractivity contribution in [1.29, 1.82) is 0 Å². The van der Waals surface area contributed by atoms with Gasteiger partial charge in [0.1, 0.15) is 17.1 Å². The van der Waals surface area contributed by atoms with Gasteiger partial charge in [-0.2, -0.15) is 5.10 Å². The Balaban J connectivity index is 1.58. The number of methoxy groups -OCH3 is 1. The molecule has 1 aromatic heterocycles. The molecule has 0 spiro atoms. The van der Waals surface area contributed by atoms with Gasteiger partial charge in [-0.1, -0.05) is 59.7 Å². The van der Waals surface area contributed by atoms with Crippen LogP contribution in [0.4, 0.5) is 4.79 Å². The zero-order chi connectivity index (χ0) is 26.1. The fourth-order valence-corrected chi connectivity index (χ4v) is 4.26. The van der Waals surface area contributed by atoms with Gasteiger partial charge in [0.2, 0.25) is 5.88 Å². The van der Waals surface area contributed by atoms with Gasteiger partial charge in [-0.15, -0.1) is 0 Å². The number of aromatic hydroxyl groups is 1. The van der Waals surface area contributed by atoms with Crippen LogP contribution in [0.2, 0.25) is 0 Å². The lowest BCUT2D eigenvalue weighted by molar-refractivity contribution is -0.123. The van der Waals surface area contributed by atoms with E-state index in [0.29, 0.717) is 28.3 Å². The van der Waals surface area contributed by atoms with Crippen molar-refractivity contribution in [2.45, 2.75) is 20.4 Å². The molecule has 37 heavy (non-hydrogen) atoms. The maximum Gasteiger partial charge on any atom is 0.329 e. The number of benzene rings is 3. The van der Waals surface area contributed by atoms with Gasteiger partial charge in [-0.3, -0.25) is 9.69 Å². The largest absolute Gasteiger partial charge is 0.497 e. The van der Waals surface area contributed by atoms with Gasteiger partial charge in [0.25, 0.3) is 5.91 Å². The van der Waals surface area contributed by atoms with E-state index < -0.39 is 11.9 Å². The van der Waals surface area contributed by atoms with Crippen molar-refractivity contribution < 1.29 is 19.4 Å². The van der Waals surface area contributed by atoms with Crippen LogP contribution >= 0.6 is 0 Å². The SMILES string of the molecule is COc1cccc(-c2nn(-c3ccc(C)cc3)c(O)c2/C=C2\NC(=O)N(Cc3cccc(C)c3)C2=O)c1. The maximum atomic E-state index is 13.2. The summed E-state index contributed by atoms with van der Waals surface area (Å²) in [4.78, 5) is 27.1. The summed E-state index contributed by atoms with van der Waals surface area (Å²) in [6, 6.07) is 21.9. The summed E-state index contributed by atoms with van der Waals surface area (Å²) in [6.45, 7) is 4.07. The molecule has 4 aromatic rings. The highest BCUT2D eigenvalue weighted by atomic mass is 16.5. The number of nitrogens with one attached hydrogen (secondary N) is 1. The summed E-state index contributed by atoms with van der Waals surface area (Å²) < 4.78 is 6.77. The second kappa shape index (κ2) is 9.66. The van der Waals surface area contributed by atoms with E-state index >= 15 is 0 Å². The average molecular weight is 495 g/mol. The Morgan fingerprint density at radius 3 is 2.46 bits per heavy atom. The topological polar surface area (TPSA) is 96.7 Å². The van der Waals surface area contributed by atoms with Gasteiger partial charge in [0.15, 0.2) is 0 Å². The Kier molecular flexibility index (Phi) is 6.23. The molecule has 0 radical (unpaired) electrons. The van der Waals surface area contributed by atoms with E-state index in [1.165, 1.54) is 10.8 Å². The van der Waals surface area contributed by atoms with Crippen molar-refractivity contribution in [3.63, 3.8) is 0 Å². The third kappa shape index (κ3) is 4.69. The van der Waals surface area contributed by atoms with E-state index in [9.17, 15) is 14.7 Å². The van der Waals surface area contributed by atoms with E-state index in [1.54, 1.807) is 13.2 Å². The molecule has 1 aliphatic rings. The molecule has 8 nitrogen and oxygen atoms in total. The number of aromatic nitrogens is 2. The second-order valence-electron chi connectivity index (χ2n) is 8.93. The molecule has 0 saturated carbocycles. The van der Waals surface area contributed by atoms with Gasteiger partial charge in [-0.05, 0) is 49.8 Å². The predicted molar refractivity (Wildman–Crippen MR) is 140 cm³/mol. The fraction of sp³-hybridized carbons (Fsp3) is 0.138. The van der Waals surface area contributed by atoms with E-state index in [4.69, 9.17) is 4.74 Å². The molecular weight excluding hydrogens is 468 g/mol. The number of amides is 3. The van der Waals surface area contributed by atoms with Crippen molar-refractivity contribution >= 4 is 18.0 Å². The molecule has 2 heterocycles. The van der Waals surface area contributed by atoms with Crippen LogP contribution in [-0.4, -0.2) is 38.8 Å². The lowest BCUT2D eigenvalue weighted by Gasteiger charge is -2.12. The monoisotopic (exact) mass is 494 g/mol. The molecule has 5 rings (SSSR count). The van der Waals surface area contributed by atoms with Crippen LogP contribution in [0.25, 0.3) is 23.0 Å². The molecule has 186 valence electrons. The van der Waals surface area contributed by atoms with Crippen LogP contribution in [0.3, 0.4) is 0 Å². The number of nitrogens with zero attached hydrogens (tertiary/aromatic N) is 3. The molecule has 3 aromatic carbocycles. The molecule has 2 N–H and O–H groups in total. The van der Waals surface area contributed by atoms with Crippen LogP contribution in [0.15, 0.2) is 78.5 Å². The number of urea groups is 1. The number of aryl methyl sites for hydroxylation is 2. The van der Waals surface area contributed by atoms with Crippen molar-refractivity contribution in [1.82, 2.24) is 20.0 Å². The Hall–Kier alpha value is -4.85. The van der Waals surface area contributed by atoms with E-state index in [1.807, 2.05) is 80.6 Å². The minimum atomic E-state index is -0.522. The lowest BCUT2D eigenvalue weighted by atomic mass is 10.1. The Morgan fingerprint density at radius 1 is 0.973 bits per heavy atom. The van der Waals surface area contributed by atoms with Crippen molar-refractivity contribution in [3.8, 4) is 28.6 Å². The number of hydrogen-bond acceptors (Lipinski definition) is 5. The number of hydrogen-bond donors (Lipinski definition) is 2. The molecule has 0 bridgehead atoms. The van der Waals surface area contributed by atoms with Gasteiger partial charge >= 0.3 is 6.03 Å². The zero-order valence-electron chi connectivity index (χ0n) is 20.7. The van der Waals surface area contributed by atoms with Crippen LogP contribution < -0.4 is 10.1 Å². The standard InChI is InChI=1S/C29H26N4O4/c1-18-10-12-22(13-11-18)33-27(34)24(26(31-33)21-8-5-9-23(15-21)37-3)16-25-28(35)32(29(36)30-25)17-20-7-4-6-19(2)14-20/h4-16,34H,17H2,1-3H3,(H,30,36)/b25-16-. The third-order valence-electron chi connectivity index (χ3n) is 6.19. The lowest BCUT2D eigenvalue weighted by Crippen LogP contribution is -2.30. The van der Waals surface area contributed by atoms with E-state index in [-0.39, 0.29) is 18.1 Å². The Morgan fingerprint density at radius 2 is 1.73 bits per heavy atom. The normalized spacial score (nSPS) is 14.4. The van der Waals surface area contributed by atoms with Gasteiger partial charge in [0, 0.05) is 5.56 Å². The fourth-order valence-electron chi connectivity index (χ4n) is 4.26. The smallest absolute Gasteiger partial charge is 0.329 e. The highest BCUT2D eigenvalue weighted by Gasteiger charge is 2.34. The molecule has 0 aliphatic carbocycles. The van der Waals surface area contributed by atoms with E-state index in [0.717, 1.165) is 21.6 Å². The Bertz CT molecular complexity index is 1540. The molecule has 8 heteroatoms. The van der Waals surface area contributed by atoms with Crippen LogP contribution in [0.1, 0.15) is 22.3 Å². The molecule has 0 unspecified atom stereocenters. The van der Waals surface area contributed by atoms with Crippen LogP contribution in [0, 0.1) is 13.8 Å². The number of carbonyl (C=O) groups is 2. The minimum Gasteiger partial charge on any atom is -0.497 e. The van der Waals surface area contributed by atoms with Crippen LogP contribution in [0.5, 0.6) is 11.6 Å². The quantitative estimate of drug-likeness (QED) is 0.292. The summed E-state index contributed by atoms with van der Waals surface area (Å²) in [6.07, 6.45) is 1.47.